The Bertz CT molecular complexity index is 1370. The molecule has 0 atom stereocenters. The number of aromatic nitrogens is 1. The number of nitrogens with one attached hydrogen (secondary N) is 2. The minimum absolute atomic E-state index is 0.218. The van der Waals surface area contributed by atoms with Crippen LogP contribution in [0.15, 0.2) is 60.8 Å². The van der Waals surface area contributed by atoms with Gasteiger partial charge in [-0.15, -0.1) is 0 Å². The van der Waals surface area contributed by atoms with Gasteiger partial charge in [-0.1, -0.05) is 23.7 Å². The lowest BCUT2D eigenvalue weighted by atomic mass is 10.1. The molecule has 1 aliphatic heterocycles. The summed E-state index contributed by atoms with van der Waals surface area (Å²) in [5.41, 5.74) is 2.87. The third-order valence-corrected chi connectivity index (χ3v) is 6.96. The minimum Gasteiger partial charge on any atom is -0.325 e. The summed E-state index contributed by atoms with van der Waals surface area (Å²) >= 11 is 6.34. The molecule has 1 aromatic heterocycles. The Morgan fingerprint density at radius 3 is 2.50 bits per heavy atom. The van der Waals surface area contributed by atoms with Gasteiger partial charge in [0.2, 0.25) is 5.91 Å². The summed E-state index contributed by atoms with van der Waals surface area (Å²) in [6.45, 7) is 1.93. The maximum Gasteiger partial charge on any atom is 0.255 e. The quantitative estimate of drug-likeness (QED) is 0.454. The van der Waals surface area contributed by atoms with E-state index in [2.05, 4.69) is 15.6 Å². The normalized spacial score (nSPS) is 13.9. The van der Waals surface area contributed by atoms with Gasteiger partial charge in [0.15, 0.2) is 9.84 Å². The first-order valence-corrected chi connectivity index (χ1v) is 14.0. The fourth-order valence-corrected chi connectivity index (χ4v) is 5.13. The highest BCUT2D eigenvalue weighted by molar-refractivity contribution is 7.89. The molecule has 0 saturated carbocycles. The van der Waals surface area contributed by atoms with E-state index in [1.807, 2.05) is 17.0 Å². The van der Waals surface area contributed by atoms with E-state index in [1.165, 1.54) is 6.07 Å². The Morgan fingerprint density at radius 1 is 1.03 bits per heavy atom. The van der Waals surface area contributed by atoms with Crippen molar-refractivity contribution in [2.45, 2.75) is 18.6 Å². The molecule has 2 N–H and O–H groups in total. The van der Waals surface area contributed by atoms with Crippen molar-refractivity contribution < 1.29 is 18.0 Å². The second kappa shape index (κ2) is 11.2. The van der Waals surface area contributed by atoms with E-state index in [1.54, 1.807) is 42.6 Å². The predicted octanol–water partition coefficient (Wildman–Crippen LogP) is 4.23. The van der Waals surface area contributed by atoms with Crippen molar-refractivity contribution in [3.8, 4) is 11.3 Å². The fraction of sp³-hybridized carbons (Fsp3) is 0.269. The Labute approximate surface area is 215 Å². The highest BCUT2D eigenvalue weighted by Crippen LogP contribution is 2.29. The van der Waals surface area contributed by atoms with Crippen LogP contribution in [0.1, 0.15) is 28.8 Å². The highest BCUT2D eigenvalue weighted by atomic mass is 35.5. The maximum absolute atomic E-state index is 13.1. The maximum atomic E-state index is 13.1. The lowest BCUT2D eigenvalue weighted by molar-refractivity contribution is -0.117. The number of carbonyl (C=O) groups excluding carboxylic acids is 2. The SMILES string of the molecule is CS(=O)(=O)Cc1ccc(C(=O)Nc2ccc(Cl)c(-c3ccccn3)c2)cc1NC(=O)CN1CCCC1. The van der Waals surface area contributed by atoms with Crippen LogP contribution in [0.2, 0.25) is 5.02 Å². The molecule has 2 amide bonds. The van der Waals surface area contributed by atoms with E-state index in [4.69, 9.17) is 11.6 Å². The first-order chi connectivity index (χ1) is 17.2. The summed E-state index contributed by atoms with van der Waals surface area (Å²) in [7, 11) is -3.36. The van der Waals surface area contributed by atoms with Gasteiger partial charge in [-0.05, 0) is 74.0 Å². The summed E-state index contributed by atoms with van der Waals surface area (Å²) in [6.07, 6.45) is 4.89. The molecule has 0 aliphatic carbocycles. The van der Waals surface area contributed by atoms with Gasteiger partial charge < -0.3 is 10.6 Å². The molecule has 2 heterocycles. The van der Waals surface area contributed by atoms with Gasteiger partial charge in [0.1, 0.15) is 0 Å². The van der Waals surface area contributed by atoms with E-state index in [0.717, 1.165) is 32.2 Å². The molecule has 2 aromatic carbocycles. The summed E-state index contributed by atoms with van der Waals surface area (Å²) in [6, 6.07) is 15.2. The van der Waals surface area contributed by atoms with Crippen molar-refractivity contribution in [2.24, 2.45) is 0 Å². The summed E-state index contributed by atoms with van der Waals surface area (Å²) < 4.78 is 23.9. The number of likely N-dealkylation sites (tertiary alicyclic amines) is 1. The number of rotatable bonds is 8. The molecule has 1 saturated heterocycles. The molecule has 3 aromatic rings. The van der Waals surface area contributed by atoms with Gasteiger partial charge in [0.05, 0.1) is 23.0 Å². The van der Waals surface area contributed by atoms with Gasteiger partial charge in [-0.3, -0.25) is 19.5 Å². The molecule has 4 rings (SSSR count). The van der Waals surface area contributed by atoms with Gasteiger partial charge in [0, 0.05) is 35.0 Å². The zero-order valence-corrected chi connectivity index (χ0v) is 21.4. The number of anilines is 2. The average molecular weight is 527 g/mol. The van der Waals surface area contributed by atoms with Gasteiger partial charge in [-0.25, -0.2) is 8.42 Å². The Balaban J connectivity index is 1.56. The van der Waals surface area contributed by atoms with Crippen LogP contribution >= 0.6 is 11.6 Å². The molecule has 8 nitrogen and oxygen atoms in total. The van der Waals surface area contributed by atoms with Gasteiger partial charge in [0.25, 0.3) is 5.91 Å². The van der Waals surface area contributed by atoms with Crippen molar-refractivity contribution in [3.63, 3.8) is 0 Å². The molecule has 10 heteroatoms. The Morgan fingerprint density at radius 2 is 1.81 bits per heavy atom. The Hall–Kier alpha value is -3.27. The zero-order chi connectivity index (χ0) is 25.7. The van der Waals surface area contributed by atoms with Crippen molar-refractivity contribution in [1.29, 1.82) is 0 Å². The number of hydrogen-bond acceptors (Lipinski definition) is 6. The number of pyridine rings is 1. The third kappa shape index (κ3) is 6.90. The second-order valence-electron chi connectivity index (χ2n) is 8.84. The standard InChI is InChI=1S/C26H27ClN4O4S/c1-36(34,35)17-19-8-7-18(14-24(19)30-25(32)16-31-12-4-5-13-31)26(33)29-20-9-10-22(27)21(15-20)23-6-2-3-11-28-23/h2-3,6-11,14-15H,4-5,12-13,16-17H2,1H3,(H,29,33)(H,30,32). The van der Waals surface area contributed by atoms with Gasteiger partial charge >= 0.3 is 0 Å². The molecule has 1 fully saturated rings. The van der Waals surface area contributed by atoms with Crippen LogP contribution in [-0.2, 0) is 20.4 Å². The largest absolute Gasteiger partial charge is 0.325 e. The molecule has 0 unspecified atom stereocenters. The van der Waals surface area contributed by atoms with Crippen LogP contribution in [0.25, 0.3) is 11.3 Å². The van der Waals surface area contributed by atoms with E-state index >= 15 is 0 Å². The Kier molecular flexibility index (Phi) is 8.03. The molecule has 0 bridgehead atoms. The smallest absolute Gasteiger partial charge is 0.255 e. The average Bonchev–Trinajstić information content (AvgIpc) is 3.34. The van der Waals surface area contributed by atoms with Crippen LogP contribution in [-0.4, -0.2) is 56.0 Å². The van der Waals surface area contributed by atoms with Gasteiger partial charge in [-0.2, -0.15) is 0 Å². The number of benzene rings is 2. The number of carbonyl (C=O) groups is 2. The topological polar surface area (TPSA) is 108 Å². The van der Waals surface area contributed by atoms with Crippen LogP contribution in [0.4, 0.5) is 11.4 Å². The second-order valence-corrected chi connectivity index (χ2v) is 11.4. The van der Waals surface area contributed by atoms with E-state index in [0.29, 0.717) is 33.2 Å². The summed E-state index contributed by atoms with van der Waals surface area (Å²) in [5, 5.41) is 6.14. The number of amides is 2. The lowest BCUT2D eigenvalue weighted by Crippen LogP contribution is -2.31. The molecule has 0 spiro atoms. The lowest BCUT2D eigenvalue weighted by Gasteiger charge is -2.17. The van der Waals surface area contributed by atoms with Crippen LogP contribution in [0, 0.1) is 0 Å². The summed E-state index contributed by atoms with van der Waals surface area (Å²) in [5.74, 6) is -0.911. The van der Waals surface area contributed by atoms with Crippen molar-refractivity contribution in [2.75, 3.05) is 36.5 Å². The van der Waals surface area contributed by atoms with Crippen LogP contribution in [0.5, 0.6) is 0 Å². The minimum atomic E-state index is -3.36. The zero-order valence-electron chi connectivity index (χ0n) is 19.8. The first-order valence-electron chi connectivity index (χ1n) is 11.5. The van der Waals surface area contributed by atoms with E-state index in [9.17, 15) is 18.0 Å². The van der Waals surface area contributed by atoms with Crippen molar-refractivity contribution in [3.05, 3.63) is 76.9 Å². The molecular weight excluding hydrogens is 500 g/mol. The van der Waals surface area contributed by atoms with Crippen LogP contribution < -0.4 is 10.6 Å². The molecule has 188 valence electrons. The van der Waals surface area contributed by atoms with E-state index < -0.39 is 15.7 Å². The van der Waals surface area contributed by atoms with Crippen LogP contribution in [0.3, 0.4) is 0 Å². The number of hydrogen-bond donors (Lipinski definition) is 2. The fourth-order valence-electron chi connectivity index (χ4n) is 4.10. The molecule has 36 heavy (non-hydrogen) atoms. The monoisotopic (exact) mass is 526 g/mol. The molecular formula is C26H27ClN4O4S. The number of nitrogens with zero attached hydrogens (tertiary/aromatic N) is 2. The number of sulfone groups is 1. The number of halogens is 1. The van der Waals surface area contributed by atoms with Crippen molar-refractivity contribution in [1.82, 2.24) is 9.88 Å². The highest BCUT2D eigenvalue weighted by Gasteiger charge is 2.19. The van der Waals surface area contributed by atoms with E-state index in [-0.39, 0.29) is 23.8 Å². The first kappa shape index (κ1) is 25.8. The molecule has 1 aliphatic rings. The molecule has 0 radical (unpaired) electrons. The summed E-state index contributed by atoms with van der Waals surface area (Å²) in [4.78, 5) is 32.1. The predicted molar refractivity (Wildman–Crippen MR) is 142 cm³/mol. The third-order valence-electron chi connectivity index (χ3n) is 5.79. The van der Waals surface area contributed by atoms with Crippen molar-refractivity contribution >= 4 is 44.6 Å².